The molecule has 2 rings (SSSR count). The summed E-state index contributed by atoms with van der Waals surface area (Å²) in [5, 5.41) is -0.0408. The Morgan fingerprint density at radius 3 is 1.43 bits per heavy atom. The fraction of sp³-hybridized carbons (Fsp3) is 0.333. The number of alkyl halides is 2. The predicted octanol–water partition coefficient (Wildman–Crippen LogP) is 4.70. The average molecular weight is 323 g/mol. The van der Waals surface area contributed by atoms with Crippen LogP contribution in [-0.2, 0) is 17.6 Å². The van der Waals surface area contributed by atoms with E-state index in [2.05, 4.69) is 24.3 Å². The van der Waals surface area contributed by atoms with Crippen LogP contribution < -0.4 is 0 Å². The van der Waals surface area contributed by atoms with Crippen molar-refractivity contribution in [1.29, 1.82) is 0 Å². The van der Waals surface area contributed by atoms with Gasteiger partial charge in [-0.15, -0.1) is 23.2 Å². The Bertz CT molecular complexity index is 454. The van der Waals surface area contributed by atoms with Crippen molar-refractivity contribution in [2.24, 2.45) is 0 Å². The molecule has 0 fully saturated rings. The third kappa shape index (κ3) is 6.52. The van der Waals surface area contributed by atoms with Gasteiger partial charge in [-0.05, 0) is 24.0 Å². The Morgan fingerprint density at radius 2 is 1.05 bits per heavy atom. The number of benzene rings is 2. The Labute approximate surface area is 136 Å². The van der Waals surface area contributed by atoms with Gasteiger partial charge < -0.3 is 4.74 Å². The lowest BCUT2D eigenvalue weighted by atomic mass is 10.1. The fourth-order valence-electron chi connectivity index (χ4n) is 2.18. The molecule has 0 amide bonds. The molecule has 0 aliphatic heterocycles. The summed E-state index contributed by atoms with van der Waals surface area (Å²) in [6.07, 6.45) is 1.63. The summed E-state index contributed by atoms with van der Waals surface area (Å²) in [6.45, 7) is 1.04. The number of halogens is 2. The topological polar surface area (TPSA) is 9.23 Å². The lowest BCUT2D eigenvalue weighted by molar-refractivity contribution is 0.134. The number of hydrogen-bond donors (Lipinski definition) is 0. The van der Waals surface area contributed by atoms with Crippen molar-refractivity contribution in [2.45, 2.75) is 23.6 Å². The van der Waals surface area contributed by atoms with Crippen LogP contribution in [0.3, 0.4) is 0 Å². The smallest absolute Gasteiger partial charge is 0.0634 e. The molecule has 0 aliphatic carbocycles. The molecule has 0 spiro atoms. The van der Waals surface area contributed by atoms with E-state index in [9.17, 15) is 0 Å². The summed E-state index contributed by atoms with van der Waals surface area (Å²) in [6, 6.07) is 20.4. The first-order chi connectivity index (χ1) is 10.2. The highest BCUT2D eigenvalue weighted by Gasteiger charge is 2.10. The number of hydrogen-bond acceptors (Lipinski definition) is 1. The van der Waals surface area contributed by atoms with Gasteiger partial charge in [0.05, 0.1) is 24.0 Å². The van der Waals surface area contributed by atoms with Crippen molar-refractivity contribution in [2.75, 3.05) is 13.2 Å². The molecule has 2 aromatic carbocycles. The highest BCUT2D eigenvalue weighted by molar-refractivity contribution is 6.21. The van der Waals surface area contributed by atoms with Gasteiger partial charge in [0, 0.05) is 0 Å². The van der Waals surface area contributed by atoms with Crippen molar-refractivity contribution >= 4 is 23.2 Å². The van der Waals surface area contributed by atoms with Crippen LogP contribution in [0, 0.1) is 0 Å². The van der Waals surface area contributed by atoms with E-state index in [4.69, 9.17) is 27.9 Å². The van der Waals surface area contributed by atoms with Crippen molar-refractivity contribution in [1.82, 2.24) is 0 Å². The van der Waals surface area contributed by atoms with E-state index >= 15 is 0 Å². The minimum Gasteiger partial charge on any atom is -0.378 e. The summed E-state index contributed by atoms with van der Waals surface area (Å²) >= 11 is 12.6. The van der Waals surface area contributed by atoms with Gasteiger partial charge in [-0.3, -0.25) is 0 Å². The molecule has 0 heterocycles. The highest BCUT2D eigenvalue weighted by Crippen LogP contribution is 2.11. The molecule has 2 atom stereocenters. The van der Waals surface area contributed by atoms with Crippen LogP contribution in [0.5, 0.6) is 0 Å². The summed E-state index contributed by atoms with van der Waals surface area (Å²) < 4.78 is 5.64. The molecule has 1 nitrogen and oxygen atoms in total. The summed E-state index contributed by atoms with van der Waals surface area (Å²) in [7, 11) is 0. The zero-order chi connectivity index (χ0) is 14.9. The van der Waals surface area contributed by atoms with E-state index in [1.807, 2.05) is 36.4 Å². The summed E-state index contributed by atoms with van der Waals surface area (Å²) in [5.74, 6) is 0. The minimum atomic E-state index is -0.0204. The van der Waals surface area contributed by atoms with Crippen LogP contribution in [0.1, 0.15) is 11.1 Å². The normalized spacial score (nSPS) is 13.8. The zero-order valence-corrected chi connectivity index (χ0v) is 13.4. The van der Waals surface area contributed by atoms with E-state index in [-0.39, 0.29) is 10.8 Å². The molecule has 112 valence electrons. The first-order valence-electron chi connectivity index (χ1n) is 7.18. The quantitative estimate of drug-likeness (QED) is 0.640. The molecule has 0 N–H and O–H groups in total. The van der Waals surface area contributed by atoms with Gasteiger partial charge in [-0.2, -0.15) is 0 Å². The fourth-order valence-corrected chi connectivity index (χ4v) is 2.72. The van der Waals surface area contributed by atoms with E-state index in [1.165, 1.54) is 11.1 Å². The monoisotopic (exact) mass is 322 g/mol. The van der Waals surface area contributed by atoms with Crippen LogP contribution in [0.2, 0.25) is 0 Å². The zero-order valence-electron chi connectivity index (χ0n) is 11.9. The second kappa shape index (κ2) is 9.09. The van der Waals surface area contributed by atoms with Crippen molar-refractivity contribution in [3.05, 3.63) is 71.8 Å². The molecule has 0 aliphatic rings. The molecular weight excluding hydrogens is 303 g/mol. The van der Waals surface area contributed by atoms with Gasteiger partial charge in [0.2, 0.25) is 0 Å². The first-order valence-corrected chi connectivity index (χ1v) is 8.05. The van der Waals surface area contributed by atoms with Gasteiger partial charge >= 0.3 is 0 Å². The third-order valence-corrected chi connectivity index (χ3v) is 3.76. The van der Waals surface area contributed by atoms with Crippen LogP contribution >= 0.6 is 23.2 Å². The molecule has 0 saturated heterocycles. The van der Waals surface area contributed by atoms with Gasteiger partial charge in [0.15, 0.2) is 0 Å². The van der Waals surface area contributed by atoms with Crippen LogP contribution in [0.4, 0.5) is 0 Å². The van der Waals surface area contributed by atoms with Crippen molar-refractivity contribution in [3.8, 4) is 0 Å². The molecule has 0 unspecified atom stereocenters. The summed E-state index contributed by atoms with van der Waals surface area (Å²) in [4.78, 5) is 0. The maximum atomic E-state index is 6.29. The molecule has 0 aromatic heterocycles. The van der Waals surface area contributed by atoms with E-state index in [0.29, 0.717) is 13.2 Å². The Morgan fingerprint density at radius 1 is 0.667 bits per heavy atom. The second-order valence-corrected chi connectivity index (χ2v) is 6.35. The molecule has 0 bridgehead atoms. The SMILES string of the molecule is Cl[C@H](COC[C@@H](Cl)Cc1ccccc1)Cc1ccccc1. The van der Waals surface area contributed by atoms with Gasteiger partial charge in [0.1, 0.15) is 0 Å². The maximum Gasteiger partial charge on any atom is 0.0634 e. The van der Waals surface area contributed by atoms with Crippen LogP contribution in [0.15, 0.2) is 60.7 Å². The van der Waals surface area contributed by atoms with Gasteiger partial charge in [-0.1, -0.05) is 60.7 Å². The molecular formula is C18H20Cl2O. The van der Waals surface area contributed by atoms with E-state index < -0.39 is 0 Å². The highest BCUT2D eigenvalue weighted by atomic mass is 35.5. The number of rotatable bonds is 8. The lowest BCUT2D eigenvalue weighted by Gasteiger charge is -2.13. The number of ether oxygens (including phenoxy) is 1. The van der Waals surface area contributed by atoms with Crippen molar-refractivity contribution in [3.63, 3.8) is 0 Å². The van der Waals surface area contributed by atoms with Crippen LogP contribution in [-0.4, -0.2) is 24.0 Å². The van der Waals surface area contributed by atoms with Crippen molar-refractivity contribution < 1.29 is 4.74 Å². The van der Waals surface area contributed by atoms with E-state index in [0.717, 1.165) is 12.8 Å². The van der Waals surface area contributed by atoms with Gasteiger partial charge in [-0.25, -0.2) is 0 Å². The predicted molar refractivity (Wildman–Crippen MR) is 90.4 cm³/mol. The Balaban J connectivity index is 1.64. The largest absolute Gasteiger partial charge is 0.378 e. The molecule has 21 heavy (non-hydrogen) atoms. The Kier molecular flexibility index (Phi) is 7.08. The van der Waals surface area contributed by atoms with Crippen LogP contribution in [0.25, 0.3) is 0 Å². The first kappa shape index (κ1) is 16.4. The lowest BCUT2D eigenvalue weighted by Crippen LogP contribution is -2.18. The molecule has 2 aromatic rings. The van der Waals surface area contributed by atoms with E-state index in [1.54, 1.807) is 0 Å². The Hall–Kier alpha value is -1.02. The minimum absolute atomic E-state index is 0.0204. The molecule has 0 saturated carbocycles. The maximum absolute atomic E-state index is 6.29. The second-order valence-electron chi connectivity index (χ2n) is 5.11. The molecule has 0 radical (unpaired) electrons. The summed E-state index contributed by atoms with van der Waals surface area (Å²) in [5.41, 5.74) is 2.46. The average Bonchev–Trinajstić information content (AvgIpc) is 2.49. The van der Waals surface area contributed by atoms with Gasteiger partial charge in [0.25, 0.3) is 0 Å². The third-order valence-electron chi connectivity index (χ3n) is 3.20. The standard InChI is InChI=1S/C18H20Cl2O/c19-17(11-15-7-3-1-4-8-15)13-21-14-18(20)12-16-9-5-2-6-10-16/h1-10,17-18H,11-14H2/t17-,18-/m0/s1. The molecule has 3 heteroatoms.